The molecule has 0 unspecified atom stereocenters. The van der Waals surface area contributed by atoms with Gasteiger partial charge in [0, 0.05) is 0 Å². The number of rotatable bonds is 8. The molecule has 0 rings (SSSR count). The monoisotopic (exact) mass is 252 g/mol. The molecule has 0 amide bonds. The van der Waals surface area contributed by atoms with Crippen molar-refractivity contribution in [2.45, 2.75) is 59.3 Å². The van der Waals surface area contributed by atoms with Gasteiger partial charge in [0.05, 0.1) is 6.61 Å². The van der Waals surface area contributed by atoms with E-state index in [1.54, 1.807) is 0 Å². The first kappa shape index (κ1) is 15.9. The summed E-state index contributed by atoms with van der Waals surface area (Å²) in [6.45, 7) is 6.77. The van der Waals surface area contributed by atoms with Gasteiger partial charge in [0.25, 0.3) is 0 Å². The van der Waals surface area contributed by atoms with E-state index in [0.717, 1.165) is 12.8 Å². The summed E-state index contributed by atoms with van der Waals surface area (Å²) in [6.07, 6.45) is 6.31. The average molecular weight is 252 g/mol. The Labute approximate surface area is 99.3 Å². The van der Waals surface area contributed by atoms with Crippen molar-refractivity contribution in [1.29, 1.82) is 0 Å². The summed E-state index contributed by atoms with van der Waals surface area (Å²) >= 11 is 0. The van der Waals surface area contributed by atoms with Crippen LogP contribution in [-0.4, -0.2) is 19.6 Å². The van der Waals surface area contributed by atoms with Crippen LogP contribution in [0.4, 0.5) is 0 Å². The predicted molar refractivity (Wildman–Crippen MR) is 64.7 cm³/mol. The van der Waals surface area contributed by atoms with Crippen LogP contribution in [0.3, 0.4) is 0 Å². The Morgan fingerprint density at radius 2 is 1.50 bits per heavy atom. The van der Waals surface area contributed by atoms with Gasteiger partial charge in [-0.2, -0.15) is 8.42 Å². The van der Waals surface area contributed by atoms with Crippen molar-refractivity contribution in [3.05, 3.63) is 0 Å². The summed E-state index contributed by atoms with van der Waals surface area (Å²) in [7, 11) is -4.24. The Bertz CT molecular complexity index is 264. The van der Waals surface area contributed by atoms with E-state index in [1.807, 2.05) is 0 Å². The first-order valence-electron chi connectivity index (χ1n) is 5.82. The molecule has 0 fully saturated rings. The van der Waals surface area contributed by atoms with Gasteiger partial charge in [-0.15, -0.1) is 0 Å². The van der Waals surface area contributed by atoms with E-state index in [0.29, 0.717) is 11.8 Å². The molecule has 98 valence electrons. The van der Waals surface area contributed by atoms with Crippen molar-refractivity contribution in [3.8, 4) is 0 Å². The van der Waals surface area contributed by atoms with Crippen LogP contribution in [0.15, 0.2) is 0 Å². The van der Waals surface area contributed by atoms with Gasteiger partial charge in [-0.1, -0.05) is 46.5 Å². The second-order valence-electron chi connectivity index (χ2n) is 5.33. The molecule has 0 saturated carbocycles. The highest BCUT2D eigenvalue weighted by Gasteiger charge is 2.08. The molecule has 0 radical (unpaired) electrons. The van der Waals surface area contributed by atoms with Crippen LogP contribution < -0.4 is 0 Å². The molecule has 16 heavy (non-hydrogen) atoms. The minimum atomic E-state index is -4.24. The Morgan fingerprint density at radius 1 is 1.00 bits per heavy atom. The molecule has 0 aromatic rings. The standard InChI is InChI=1S/C11H24O4S/c1-11(2,3)9-7-5-4-6-8-10-15-16(12,13)14/h4-10H2,1-3H3,(H,12,13,14). The van der Waals surface area contributed by atoms with Crippen LogP contribution in [0.1, 0.15) is 59.3 Å². The molecule has 5 heteroatoms. The van der Waals surface area contributed by atoms with Crippen molar-refractivity contribution >= 4 is 10.4 Å². The molecular weight excluding hydrogens is 228 g/mol. The molecule has 4 nitrogen and oxygen atoms in total. The third-order valence-corrected chi connectivity index (χ3v) is 2.77. The van der Waals surface area contributed by atoms with Crippen LogP contribution in [0, 0.1) is 5.41 Å². The van der Waals surface area contributed by atoms with Crippen LogP contribution >= 0.6 is 0 Å². The van der Waals surface area contributed by atoms with Crippen molar-refractivity contribution in [2.75, 3.05) is 6.61 Å². The minimum Gasteiger partial charge on any atom is -0.264 e. The normalized spacial score (nSPS) is 13.0. The maximum atomic E-state index is 10.2. The molecule has 0 aromatic heterocycles. The summed E-state index contributed by atoms with van der Waals surface area (Å²) < 4.78 is 32.9. The van der Waals surface area contributed by atoms with Gasteiger partial charge >= 0.3 is 10.4 Å². The molecular formula is C11H24O4S. The lowest BCUT2D eigenvalue weighted by atomic mass is 9.89. The third-order valence-electron chi connectivity index (χ3n) is 2.30. The fourth-order valence-electron chi connectivity index (χ4n) is 1.45. The van der Waals surface area contributed by atoms with Crippen molar-refractivity contribution in [1.82, 2.24) is 0 Å². The van der Waals surface area contributed by atoms with Gasteiger partial charge in [0.2, 0.25) is 0 Å². The highest BCUT2D eigenvalue weighted by Crippen LogP contribution is 2.22. The zero-order valence-electron chi connectivity index (χ0n) is 10.5. The molecule has 0 aliphatic rings. The summed E-state index contributed by atoms with van der Waals surface area (Å²) in [6, 6.07) is 0. The van der Waals surface area contributed by atoms with Gasteiger partial charge < -0.3 is 0 Å². The van der Waals surface area contributed by atoms with Crippen LogP contribution in [0.2, 0.25) is 0 Å². The average Bonchev–Trinajstić information content (AvgIpc) is 2.06. The van der Waals surface area contributed by atoms with Crippen molar-refractivity contribution < 1.29 is 17.2 Å². The maximum Gasteiger partial charge on any atom is 0.397 e. The van der Waals surface area contributed by atoms with E-state index < -0.39 is 10.4 Å². The molecule has 0 bridgehead atoms. The van der Waals surface area contributed by atoms with Gasteiger partial charge in [0.15, 0.2) is 0 Å². The SMILES string of the molecule is CC(C)(C)CCCCCCCOS(=O)(=O)O. The number of hydrogen-bond acceptors (Lipinski definition) is 3. The molecule has 0 atom stereocenters. The number of unbranched alkanes of at least 4 members (excludes halogenated alkanes) is 4. The van der Waals surface area contributed by atoms with E-state index in [4.69, 9.17) is 4.55 Å². The molecule has 0 aliphatic carbocycles. The Balaban J connectivity index is 3.23. The van der Waals surface area contributed by atoms with Crippen molar-refractivity contribution in [2.24, 2.45) is 5.41 Å². The van der Waals surface area contributed by atoms with Crippen LogP contribution in [-0.2, 0) is 14.6 Å². The second-order valence-corrected chi connectivity index (χ2v) is 6.42. The highest BCUT2D eigenvalue weighted by atomic mass is 32.3. The van der Waals surface area contributed by atoms with E-state index in [1.165, 1.54) is 19.3 Å². The molecule has 0 aromatic carbocycles. The van der Waals surface area contributed by atoms with E-state index >= 15 is 0 Å². The summed E-state index contributed by atoms with van der Waals surface area (Å²) in [5, 5.41) is 0. The predicted octanol–water partition coefficient (Wildman–Crippen LogP) is 3.19. The van der Waals surface area contributed by atoms with Gasteiger partial charge in [-0.25, -0.2) is 4.18 Å². The first-order valence-corrected chi connectivity index (χ1v) is 7.19. The van der Waals surface area contributed by atoms with E-state index in [9.17, 15) is 8.42 Å². The molecule has 1 N–H and O–H groups in total. The quantitative estimate of drug-likeness (QED) is 0.532. The van der Waals surface area contributed by atoms with Gasteiger partial charge in [-0.05, 0) is 18.3 Å². The third kappa shape index (κ3) is 13.9. The molecule has 0 aliphatic heterocycles. The summed E-state index contributed by atoms with van der Waals surface area (Å²) in [4.78, 5) is 0. The highest BCUT2D eigenvalue weighted by molar-refractivity contribution is 7.80. The van der Waals surface area contributed by atoms with Gasteiger partial charge in [0.1, 0.15) is 0 Å². The second kappa shape index (κ2) is 7.25. The lowest BCUT2D eigenvalue weighted by molar-refractivity contribution is 0.260. The molecule has 0 spiro atoms. The largest absolute Gasteiger partial charge is 0.397 e. The lowest BCUT2D eigenvalue weighted by Crippen LogP contribution is -2.05. The lowest BCUT2D eigenvalue weighted by Gasteiger charge is -2.17. The van der Waals surface area contributed by atoms with Crippen molar-refractivity contribution in [3.63, 3.8) is 0 Å². The molecule has 0 heterocycles. The molecule has 0 saturated heterocycles. The van der Waals surface area contributed by atoms with Crippen LogP contribution in [0.25, 0.3) is 0 Å². The Morgan fingerprint density at radius 3 is 2.00 bits per heavy atom. The fourth-order valence-corrected chi connectivity index (χ4v) is 1.78. The Hall–Kier alpha value is -0.130. The first-order chi connectivity index (χ1) is 7.21. The van der Waals surface area contributed by atoms with Crippen LogP contribution in [0.5, 0.6) is 0 Å². The summed E-state index contributed by atoms with van der Waals surface area (Å²) in [5.41, 5.74) is 0.397. The Kier molecular flexibility index (Phi) is 7.19. The van der Waals surface area contributed by atoms with Gasteiger partial charge in [-0.3, -0.25) is 4.55 Å². The zero-order valence-corrected chi connectivity index (χ0v) is 11.3. The van der Waals surface area contributed by atoms with E-state index in [2.05, 4.69) is 25.0 Å². The smallest absolute Gasteiger partial charge is 0.264 e. The summed E-state index contributed by atoms with van der Waals surface area (Å²) in [5.74, 6) is 0. The van der Waals surface area contributed by atoms with E-state index in [-0.39, 0.29) is 6.61 Å². The maximum absolute atomic E-state index is 10.2. The zero-order chi connectivity index (χ0) is 12.7. The fraction of sp³-hybridized carbons (Fsp3) is 1.00. The topological polar surface area (TPSA) is 63.6 Å². The number of hydrogen-bond donors (Lipinski definition) is 1. The minimum absolute atomic E-state index is 0.0815.